The Morgan fingerprint density at radius 3 is 0.529 bits per heavy atom. The Hall–Kier alpha value is 0.723. The summed E-state index contributed by atoms with van der Waals surface area (Å²) in [5.41, 5.74) is 0. The van der Waals surface area contributed by atoms with Gasteiger partial charge in [0.25, 0.3) is 0 Å². The van der Waals surface area contributed by atoms with Gasteiger partial charge in [-0.15, -0.1) is 0 Å². The molecular weight excluding hydrogens is 291 g/mol. The van der Waals surface area contributed by atoms with Crippen LogP contribution in [0, 0.1) is 0 Å². The molecule has 0 aliphatic heterocycles. The molecule has 0 saturated heterocycles. The van der Waals surface area contributed by atoms with Crippen LogP contribution < -0.4 is 0 Å². The Morgan fingerprint density at radius 2 is 0.529 bits per heavy atom. The quantitative estimate of drug-likeness (QED) is 0.750. The summed E-state index contributed by atoms with van der Waals surface area (Å²) < 4.78 is 0. The van der Waals surface area contributed by atoms with Gasteiger partial charge < -0.3 is 21.3 Å². The fourth-order valence-corrected chi connectivity index (χ4v) is 0. The van der Waals surface area contributed by atoms with Crippen molar-refractivity contribution < 1.29 is 26.2 Å². The van der Waals surface area contributed by atoms with Gasteiger partial charge >= 0.3 is 26.2 Å². The second-order valence-corrected chi connectivity index (χ2v) is 2.53. The number of nitrogens with zero attached hydrogens (tertiary/aromatic N) is 4. The minimum absolute atomic E-state index is 0. The number of hydrogen-bond acceptors (Lipinski definition) is 0. The molecule has 0 fully saturated rings. The molecule has 0 amide bonds. The van der Waals surface area contributed by atoms with Gasteiger partial charge in [-0.05, 0) is 0 Å². The van der Waals surface area contributed by atoms with E-state index in [1.165, 1.54) is 0 Å². The molecular formula is C12H32N4Zr-2. The smallest absolute Gasteiger partial charge is 0.665 e. The monoisotopic (exact) mass is 322 g/mol. The van der Waals surface area contributed by atoms with Crippen molar-refractivity contribution in [3.8, 4) is 0 Å². The molecule has 0 heterocycles. The first-order valence-electron chi connectivity index (χ1n) is 5.88. The zero-order chi connectivity index (χ0) is 13.7. The van der Waals surface area contributed by atoms with Gasteiger partial charge in [0, 0.05) is 0 Å². The predicted molar refractivity (Wildman–Crippen MR) is 79.3 cm³/mol. The van der Waals surface area contributed by atoms with Gasteiger partial charge in [-0.2, -0.15) is 54.4 Å². The van der Waals surface area contributed by atoms with E-state index in [0.29, 0.717) is 0 Å². The molecule has 0 aliphatic carbocycles. The van der Waals surface area contributed by atoms with Crippen LogP contribution in [-0.4, -0.2) is 54.4 Å². The van der Waals surface area contributed by atoms with E-state index in [-0.39, 0.29) is 26.2 Å². The van der Waals surface area contributed by atoms with Crippen LogP contribution in [0.2, 0.25) is 0 Å². The molecule has 0 spiro atoms. The third-order valence-corrected chi connectivity index (χ3v) is 1.26. The Labute approximate surface area is 129 Å². The van der Waals surface area contributed by atoms with E-state index in [2.05, 4.69) is 21.3 Å². The minimum atomic E-state index is 0. The van der Waals surface area contributed by atoms with E-state index < -0.39 is 0 Å². The van der Waals surface area contributed by atoms with Gasteiger partial charge in [0.1, 0.15) is 0 Å². The minimum Gasteiger partial charge on any atom is -0.665 e. The average molecular weight is 324 g/mol. The van der Waals surface area contributed by atoms with Crippen LogP contribution in [0.3, 0.4) is 0 Å². The first kappa shape index (κ1) is 30.6. The molecule has 0 unspecified atom stereocenters. The van der Waals surface area contributed by atoms with Crippen molar-refractivity contribution in [3.05, 3.63) is 21.3 Å². The topological polar surface area (TPSA) is 56.4 Å². The zero-order valence-corrected chi connectivity index (χ0v) is 15.6. The van der Waals surface area contributed by atoms with Crippen molar-refractivity contribution in [2.45, 2.75) is 27.7 Å². The second-order valence-electron chi connectivity index (χ2n) is 2.53. The van der Waals surface area contributed by atoms with Crippen LogP contribution in [0.15, 0.2) is 0 Å². The van der Waals surface area contributed by atoms with E-state index in [0.717, 1.165) is 26.2 Å². The van der Waals surface area contributed by atoms with Gasteiger partial charge in [-0.25, -0.2) is 0 Å². The SMILES string of the molecule is CC[N-]C.CC[N-]C.CC[N-]C.CC[N-]C.[Zr+2]. The van der Waals surface area contributed by atoms with Crippen LogP contribution >= 0.6 is 0 Å². The van der Waals surface area contributed by atoms with Gasteiger partial charge in [0.15, 0.2) is 0 Å². The van der Waals surface area contributed by atoms with E-state index in [9.17, 15) is 0 Å². The van der Waals surface area contributed by atoms with Crippen molar-refractivity contribution in [1.82, 2.24) is 0 Å². The summed E-state index contributed by atoms with van der Waals surface area (Å²) in [6, 6.07) is 0. The van der Waals surface area contributed by atoms with Gasteiger partial charge in [0.2, 0.25) is 0 Å². The molecule has 0 radical (unpaired) electrons. The zero-order valence-electron chi connectivity index (χ0n) is 13.1. The standard InChI is InChI=1S/4C3H8N.Zr/c4*1-3-4-2;/h4*3H2,1-2H3;/q4*-1;+2. The number of rotatable bonds is 4. The Morgan fingerprint density at radius 1 is 0.471 bits per heavy atom. The van der Waals surface area contributed by atoms with E-state index >= 15 is 0 Å². The average Bonchev–Trinajstić information content (AvgIpc) is 2.39. The predicted octanol–water partition coefficient (Wildman–Crippen LogP) is 4.04. The summed E-state index contributed by atoms with van der Waals surface area (Å²) in [7, 11) is 7.22. The maximum absolute atomic E-state index is 3.74. The molecule has 4 nitrogen and oxygen atoms in total. The summed E-state index contributed by atoms with van der Waals surface area (Å²) in [6.07, 6.45) is 0. The first-order valence-corrected chi connectivity index (χ1v) is 5.88. The van der Waals surface area contributed by atoms with Crippen LogP contribution in [0.4, 0.5) is 0 Å². The summed E-state index contributed by atoms with van der Waals surface area (Å²) in [4.78, 5) is 0. The molecule has 0 N–H and O–H groups in total. The number of hydrogen-bond donors (Lipinski definition) is 0. The summed E-state index contributed by atoms with van der Waals surface area (Å²) in [5, 5.41) is 14.9. The van der Waals surface area contributed by atoms with Crippen molar-refractivity contribution in [2.75, 3.05) is 54.4 Å². The summed E-state index contributed by atoms with van der Waals surface area (Å²) in [6.45, 7) is 11.8. The fraction of sp³-hybridized carbons (Fsp3) is 1.00. The molecule has 5 heteroatoms. The van der Waals surface area contributed by atoms with Crippen LogP contribution in [-0.2, 0) is 26.2 Å². The molecule has 0 aliphatic rings. The molecule has 0 atom stereocenters. The molecule has 0 aromatic carbocycles. The van der Waals surface area contributed by atoms with Crippen molar-refractivity contribution in [1.29, 1.82) is 0 Å². The summed E-state index contributed by atoms with van der Waals surface area (Å²) in [5.74, 6) is 0. The Bertz CT molecular complexity index is 42.5. The largest absolute Gasteiger partial charge is 2.00 e. The first-order chi connectivity index (χ1) is 7.66. The maximum Gasteiger partial charge on any atom is 2.00 e. The fourth-order valence-electron chi connectivity index (χ4n) is 0. The van der Waals surface area contributed by atoms with Gasteiger partial charge in [-0.3, -0.25) is 0 Å². The maximum atomic E-state index is 3.74. The molecule has 17 heavy (non-hydrogen) atoms. The van der Waals surface area contributed by atoms with Gasteiger partial charge in [-0.1, -0.05) is 27.7 Å². The van der Waals surface area contributed by atoms with E-state index in [1.54, 1.807) is 28.2 Å². The summed E-state index contributed by atoms with van der Waals surface area (Å²) >= 11 is 0. The third kappa shape index (κ3) is 163. The molecule has 106 valence electrons. The molecule has 0 saturated carbocycles. The van der Waals surface area contributed by atoms with Crippen LogP contribution in [0.25, 0.3) is 21.3 Å². The van der Waals surface area contributed by atoms with Crippen molar-refractivity contribution in [3.63, 3.8) is 0 Å². The Kier molecular flexibility index (Phi) is 97.9. The Balaban J connectivity index is -0.0000000369. The molecule has 0 aromatic rings. The van der Waals surface area contributed by atoms with Crippen LogP contribution in [0.5, 0.6) is 0 Å². The van der Waals surface area contributed by atoms with Gasteiger partial charge in [0.05, 0.1) is 0 Å². The molecule has 0 aromatic heterocycles. The second kappa shape index (κ2) is 54.3. The van der Waals surface area contributed by atoms with Crippen LogP contribution in [0.1, 0.15) is 27.7 Å². The third-order valence-electron chi connectivity index (χ3n) is 1.26. The molecule has 0 rings (SSSR count). The normalized spacial score (nSPS) is 7.06. The van der Waals surface area contributed by atoms with Crippen molar-refractivity contribution >= 4 is 0 Å². The van der Waals surface area contributed by atoms with Crippen molar-refractivity contribution in [2.24, 2.45) is 0 Å². The molecule has 0 bridgehead atoms. The van der Waals surface area contributed by atoms with E-state index in [4.69, 9.17) is 0 Å². The van der Waals surface area contributed by atoms with E-state index in [1.807, 2.05) is 27.7 Å².